The Morgan fingerprint density at radius 3 is 2.24 bits per heavy atom. The molecule has 0 rings (SSSR count). The number of allylic oxidation sites excluding steroid dienone is 2. The summed E-state index contributed by atoms with van der Waals surface area (Å²) in [5.74, 6) is 0.187. The zero-order valence-corrected chi connectivity index (χ0v) is 12.0. The van der Waals surface area contributed by atoms with Crippen LogP contribution in [0.15, 0.2) is 12.2 Å². The fourth-order valence-corrected chi connectivity index (χ4v) is 1.90. The van der Waals surface area contributed by atoms with Gasteiger partial charge in [0.1, 0.15) is 0 Å². The molecule has 0 spiro atoms. The Kier molecular flexibility index (Phi) is 8.78. The third kappa shape index (κ3) is 6.47. The lowest BCUT2D eigenvalue weighted by Gasteiger charge is -2.35. The average Bonchev–Trinajstić information content (AvgIpc) is 2.37. The number of quaternary nitrogens is 1. The van der Waals surface area contributed by atoms with Crippen molar-refractivity contribution < 1.29 is 9.28 Å². The highest BCUT2D eigenvalue weighted by Gasteiger charge is 2.20. The van der Waals surface area contributed by atoms with Gasteiger partial charge in [-0.1, -0.05) is 12.2 Å². The first kappa shape index (κ1) is 16.2. The third-order valence-electron chi connectivity index (χ3n) is 3.63. The quantitative estimate of drug-likeness (QED) is 0.286. The summed E-state index contributed by atoms with van der Waals surface area (Å²) in [6, 6.07) is 0. The molecule has 1 amide bonds. The van der Waals surface area contributed by atoms with Gasteiger partial charge < -0.3 is 9.80 Å². The molecule has 0 aromatic rings. The van der Waals surface area contributed by atoms with Crippen LogP contribution in [0.3, 0.4) is 0 Å². The molecule has 0 saturated carbocycles. The Hall–Kier alpha value is -0.830. The molecule has 0 aliphatic rings. The van der Waals surface area contributed by atoms with E-state index >= 15 is 0 Å². The molecule has 0 saturated heterocycles. The molecule has 0 aromatic heterocycles. The van der Waals surface area contributed by atoms with Crippen LogP contribution in [-0.4, -0.2) is 36.7 Å². The van der Waals surface area contributed by atoms with Crippen molar-refractivity contribution in [2.45, 2.75) is 47.0 Å². The lowest BCUT2D eigenvalue weighted by atomic mass is 10.2. The fourth-order valence-electron chi connectivity index (χ4n) is 1.90. The van der Waals surface area contributed by atoms with Crippen molar-refractivity contribution in [3.8, 4) is 0 Å². The molecule has 0 atom stereocenters. The Bertz CT molecular complexity index is 224. The van der Waals surface area contributed by atoms with E-state index in [0.29, 0.717) is 6.42 Å². The minimum absolute atomic E-state index is 0.187. The summed E-state index contributed by atoms with van der Waals surface area (Å²) in [7, 11) is 0. The van der Waals surface area contributed by atoms with Gasteiger partial charge in [-0.25, -0.2) is 0 Å². The Labute approximate surface area is 106 Å². The Morgan fingerprint density at radius 2 is 1.76 bits per heavy atom. The van der Waals surface area contributed by atoms with Crippen molar-refractivity contribution in [1.82, 2.24) is 5.32 Å². The molecule has 0 heterocycles. The van der Waals surface area contributed by atoms with E-state index in [9.17, 15) is 4.79 Å². The van der Waals surface area contributed by atoms with E-state index in [4.69, 9.17) is 0 Å². The molecule has 1 N–H and O–H groups in total. The van der Waals surface area contributed by atoms with Gasteiger partial charge in [-0.15, -0.1) is 0 Å². The molecule has 0 radical (unpaired) electrons. The van der Waals surface area contributed by atoms with Gasteiger partial charge in [0, 0.05) is 6.42 Å². The third-order valence-corrected chi connectivity index (χ3v) is 3.63. The number of nitrogens with zero attached hydrogens (tertiary/aromatic N) is 1. The van der Waals surface area contributed by atoms with Gasteiger partial charge in [0.25, 0.3) is 0 Å². The molecule has 0 fully saturated rings. The van der Waals surface area contributed by atoms with Gasteiger partial charge in [0.2, 0.25) is 5.91 Å². The summed E-state index contributed by atoms with van der Waals surface area (Å²) < 4.78 is 0.973. The normalized spacial score (nSPS) is 12.0. The van der Waals surface area contributed by atoms with Crippen LogP contribution in [0.5, 0.6) is 0 Å². The first-order chi connectivity index (χ1) is 8.14. The number of nitrogens with one attached hydrogen (secondary N) is 1. The number of unbranched alkanes of at least 4 members (excludes halogenated alkanes) is 1. The molecule has 3 heteroatoms. The van der Waals surface area contributed by atoms with E-state index in [0.717, 1.165) is 43.6 Å². The largest absolute Gasteiger partial charge is 0.309 e. The highest BCUT2D eigenvalue weighted by Crippen LogP contribution is 2.04. The summed E-state index contributed by atoms with van der Waals surface area (Å²) in [5, 5.41) is 3.06. The van der Waals surface area contributed by atoms with Crippen LogP contribution in [0.2, 0.25) is 0 Å². The van der Waals surface area contributed by atoms with E-state index in [1.807, 2.05) is 13.0 Å². The van der Waals surface area contributed by atoms with Gasteiger partial charge in [-0.05, 0) is 40.5 Å². The van der Waals surface area contributed by atoms with E-state index in [1.165, 1.54) is 0 Å². The van der Waals surface area contributed by atoms with Gasteiger partial charge in [-0.2, -0.15) is 0 Å². The predicted molar refractivity (Wildman–Crippen MR) is 73.6 cm³/mol. The van der Waals surface area contributed by atoms with Crippen LogP contribution in [0, 0.1) is 0 Å². The van der Waals surface area contributed by atoms with E-state index in [-0.39, 0.29) is 5.91 Å². The van der Waals surface area contributed by atoms with Crippen LogP contribution in [0.25, 0.3) is 0 Å². The van der Waals surface area contributed by atoms with Gasteiger partial charge in [0.15, 0.2) is 6.67 Å². The van der Waals surface area contributed by atoms with Crippen LogP contribution in [-0.2, 0) is 4.79 Å². The second-order valence-electron chi connectivity index (χ2n) is 4.51. The maximum Gasteiger partial charge on any atom is 0.224 e. The maximum atomic E-state index is 11.7. The minimum Gasteiger partial charge on any atom is -0.309 e. The van der Waals surface area contributed by atoms with Crippen LogP contribution in [0.1, 0.15) is 47.0 Å². The Balaban J connectivity index is 3.88. The van der Waals surface area contributed by atoms with Crippen LogP contribution in [0.4, 0.5) is 0 Å². The second kappa shape index (κ2) is 9.23. The second-order valence-corrected chi connectivity index (χ2v) is 4.51. The minimum atomic E-state index is 0.187. The number of hydrogen-bond donors (Lipinski definition) is 1. The van der Waals surface area contributed by atoms with E-state index in [2.05, 4.69) is 32.2 Å². The number of carbonyl (C=O) groups is 1. The van der Waals surface area contributed by atoms with Crippen LogP contribution < -0.4 is 5.32 Å². The standard InChI is InChI=1S/C14H28N2O/c1-5-9-10-11-12-14(17)15-13-16(6-2,7-3)8-4/h5,9H,6-8,10-13H2,1-4H3/p+1/b9-5+. The molecule has 3 nitrogen and oxygen atoms in total. The van der Waals surface area contributed by atoms with Crippen LogP contribution >= 0.6 is 0 Å². The molecule has 0 aliphatic heterocycles. The zero-order valence-electron chi connectivity index (χ0n) is 12.0. The number of rotatable bonds is 9. The molecule has 0 bridgehead atoms. The molecular weight excluding hydrogens is 212 g/mol. The maximum absolute atomic E-state index is 11.7. The van der Waals surface area contributed by atoms with Gasteiger partial charge in [0.05, 0.1) is 19.6 Å². The van der Waals surface area contributed by atoms with Crippen molar-refractivity contribution in [2.24, 2.45) is 0 Å². The van der Waals surface area contributed by atoms with Gasteiger partial charge >= 0.3 is 0 Å². The summed E-state index contributed by atoms with van der Waals surface area (Å²) in [4.78, 5) is 11.7. The van der Waals surface area contributed by atoms with E-state index in [1.54, 1.807) is 0 Å². The van der Waals surface area contributed by atoms with Gasteiger partial charge in [-0.3, -0.25) is 4.79 Å². The first-order valence-electron chi connectivity index (χ1n) is 6.87. The van der Waals surface area contributed by atoms with Crippen molar-refractivity contribution >= 4 is 5.91 Å². The fraction of sp³-hybridized carbons (Fsp3) is 0.786. The summed E-state index contributed by atoms with van der Waals surface area (Å²) >= 11 is 0. The SMILES string of the molecule is C/C=C/CCCC(=O)NC[N+](CC)(CC)CC. The van der Waals surface area contributed by atoms with Crippen molar-refractivity contribution in [2.75, 3.05) is 26.3 Å². The average molecular weight is 241 g/mol. The summed E-state index contributed by atoms with van der Waals surface area (Å²) in [6.45, 7) is 12.6. The summed E-state index contributed by atoms with van der Waals surface area (Å²) in [5.41, 5.74) is 0. The molecule has 0 unspecified atom stereocenters. The topological polar surface area (TPSA) is 29.1 Å². The van der Waals surface area contributed by atoms with E-state index < -0.39 is 0 Å². The zero-order chi connectivity index (χ0) is 13.1. The smallest absolute Gasteiger partial charge is 0.224 e. The van der Waals surface area contributed by atoms with Crippen molar-refractivity contribution in [3.05, 3.63) is 12.2 Å². The predicted octanol–water partition coefficient (Wildman–Crippen LogP) is 2.68. The monoisotopic (exact) mass is 241 g/mol. The van der Waals surface area contributed by atoms with Crippen molar-refractivity contribution in [1.29, 1.82) is 0 Å². The number of carbonyl (C=O) groups excluding carboxylic acids is 1. The lowest BCUT2D eigenvalue weighted by molar-refractivity contribution is -0.924. The molecule has 17 heavy (non-hydrogen) atoms. The highest BCUT2D eigenvalue weighted by molar-refractivity contribution is 5.75. The number of amides is 1. The first-order valence-corrected chi connectivity index (χ1v) is 6.87. The summed E-state index contributed by atoms with van der Waals surface area (Å²) in [6.07, 6.45) is 6.73. The van der Waals surface area contributed by atoms with Crippen molar-refractivity contribution in [3.63, 3.8) is 0 Å². The highest BCUT2D eigenvalue weighted by atomic mass is 16.1. The number of hydrogen-bond acceptors (Lipinski definition) is 1. The lowest BCUT2D eigenvalue weighted by Crippen LogP contribution is -2.54. The Morgan fingerprint density at radius 1 is 1.18 bits per heavy atom. The molecular formula is C14H29N2O+. The molecule has 0 aliphatic carbocycles. The molecule has 0 aromatic carbocycles. The molecule has 100 valence electrons.